The van der Waals surface area contributed by atoms with Crippen molar-refractivity contribution >= 4 is 29.5 Å². The number of hydrogen-bond acceptors (Lipinski definition) is 3. The summed E-state index contributed by atoms with van der Waals surface area (Å²) in [6.45, 7) is 0. The molecule has 0 spiro atoms. The molecular formula is C21H19FN2O3. The Hall–Kier alpha value is -3.25. The van der Waals surface area contributed by atoms with Crippen molar-refractivity contribution < 1.29 is 19.2 Å². The summed E-state index contributed by atoms with van der Waals surface area (Å²) in [6.07, 6.45) is 6.41. The molecule has 0 aromatic heterocycles. The number of benzene rings is 2. The second-order valence-electron chi connectivity index (χ2n) is 6.29. The molecule has 2 amide bonds. The first kappa shape index (κ1) is 18.5. The van der Waals surface area contributed by atoms with Crippen LogP contribution in [0.3, 0.4) is 0 Å². The van der Waals surface area contributed by atoms with Gasteiger partial charge in [0.1, 0.15) is 5.82 Å². The zero-order valence-electron chi connectivity index (χ0n) is 14.5. The van der Waals surface area contributed by atoms with Gasteiger partial charge in [-0.15, -0.1) is 0 Å². The van der Waals surface area contributed by atoms with E-state index in [4.69, 9.17) is 5.21 Å². The minimum Gasteiger partial charge on any atom is -0.349 e. The van der Waals surface area contributed by atoms with Crippen LogP contribution in [0.25, 0.3) is 17.7 Å². The third kappa shape index (κ3) is 5.36. The van der Waals surface area contributed by atoms with Crippen LogP contribution in [-0.2, 0) is 9.59 Å². The lowest BCUT2D eigenvalue weighted by molar-refractivity contribution is -0.124. The van der Waals surface area contributed by atoms with E-state index in [2.05, 4.69) is 5.32 Å². The van der Waals surface area contributed by atoms with Crippen LogP contribution >= 0.6 is 0 Å². The van der Waals surface area contributed by atoms with E-state index in [-0.39, 0.29) is 17.8 Å². The lowest BCUT2D eigenvalue weighted by Crippen LogP contribution is -2.26. The molecule has 6 heteroatoms. The summed E-state index contributed by atoms with van der Waals surface area (Å²) in [7, 11) is 0. The van der Waals surface area contributed by atoms with Gasteiger partial charge >= 0.3 is 0 Å². The quantitative estimate of drug-likeness (QED) is 0.318. The lowest BCUT2D eigenvalue weighted by atomic mass is 10.0. The molecule has 1 aliphatic carbocycles. The monoisotopic (exact) mass is 366 g/mol. The van der Waals surface area contributed by atoms with Crippen LogP contribution in [0.5, 0.6) is 0 Å². The molecular weight excluding hydrogens is 347 g/mol. The highest BCUT2D eigenvalue weighted by atomic mass is 19.1. The van der Waals surface area contributed by atoms with E-state index < -0.39 is 5.91 Å². The normalized spacial score (nSPS) is 14.2. The number of carbonyl (C=O) groups is 2. The van der Waals surface area contributed by atoms with E-state index in [1.54, 1.807) is 42.5 Å². The summed E-state index contributed by atoms with van der Waals surface area (Å²) >= 11 is 0. The fraction of sp³-hybridized carbons (Fsp3) is 0.143. The molecule has 1 aliphatic rings. The third-order valence-electron chi connectivity index (χ3n) is 4.07. The first-order valence-electron chi connectivity index (χ1n) is 8.56. The van der Waals surface area contributed by atoms with Crippen LogP contribution in [-0.4, -0.2) is 23.1 Å². The molecule has 0 radical (unpaired) electrons. The summed E-state index contributed by atoms with van der Waals surface area (Å²) in [6, 6.07) is 13.2. The molecule has 5 nitrogen and oxygen atoms in total. The number of carbonyl (C=O) groups excluding carboxylic acids is 2. The van der Waals surface area contributed by atoms with E-state index in [9.17, 15) is 14.0 Å². The number of rotatable bonds is 6. The summed E-state index contributed by atoms with van der Waals surface area (Å²) < 4.78 is 13.3. The highest BCUT2D eigenvalue weighted by Gasteiger charge is 2.25. The fourth-order valence-electron chi connectivity index (χ4n) is 2.53. The number of amides is 2. The Morgan fingerprint density at radius 1 is 1.07 bits per heavy atom. The summed E-state index contributed by atoms with van der Waals surface area (Å²) in [4.78, 5) is 23.8. The third-order valence-corrected chi connectivity index (χ3v) is 4.07. The molecule has 0 heterocycles. The lowest BCUT2D eigenvalue weighted by Gasteiger charge is -2.09. The molecule has 3 N–H and O–H groups in total. The van der Waals surface area contributed by atoms with Gasteiger partial charge in [-0.05, 0) is 59.9 Å². The van der Waals surface area contributed by atoms with Crippen molar-refractivity contribution in [1.29, 1.82) is 0 Å². The van der Waals surface area contributed by atoms with Crippen LogP contribution in [0.1, 0.15) is 29.5 Å². The molecule has 0 bridgehead atoms. The zero-order valence-corrected chi connectivity index (χ0v) is 14.5. The molecule has 3 rings (SSSR count). The van der Waals surface area contributed by atoms with E-state index in [1.165, 1.54) is 23.7 Å². The highest BCUT2D eigenvalue weighted by molar-refractivity contribution is 6.24. The van der Waals surface area contributed by atoms with Gasteiger partial charge in [0.2, 0.25) is 0 Å². The molecule has 0 unspecified atom stereocenters. The second-order valence-corrected chi connectivity index (χ2v) is 6.29. The van der Waals surface area contributed by atoms with Crippen molar-refractivity contribution in [1.82, 2.24) is 10.8 Å². The summed E-state index contributed by atoms with van der Waals surface area (Å²) in [5.41, 5.74) is 4.07. The molecule has 27 heavy (non-hydrogen) atoms. The van der Waals surface area contributed by atoms with Crippen LogP contribution in [0.15, 0.2) is 54.6 Å². The first-order valence-corrected chi connectivity index (χ1v) is 8.56. The van der Waals surface area contributed by atoms with Gasteiger partial charge in [0.15, 0.2) is 0 Å². The van der Waals surface area contributed by atoms with Crippen molar-refractivity contribution in [2.75, 3.05) is 0 Å². The van der Waals surface area contributed by atoms with Crippen molar-refractivity contribution in [2.24, 2.45) is 0 Å². The predicted octanol–water partition coefficient (Wildman–Crippen LogP) is 3.16. The Morgan fingerprint density at radius 3 is 2.44 bits per heavy atom. The Labute approximate surface area is 156 Å². The van der Waals surface area contributed by atoms with Crippen LogP contribution in [0.2, 0.25) is 0 Å². The Balaban J connectivity index is 1.92. The Bertz CT molecular complexity index is 900. The summed E-state index contributed by atoms with van der Waals surface area (Å²) in [5.74, 6) is -1.20. The molecule has 138 valence electrons. The average Bonchev–Trinajstić information content (AvgIpc) is 3.49. The van der Waals surface area contributed by atoms with Gasteiger partial charge in [-0.3, -0.25) is 14.8 Å². The number of hydrogen-bond donors (Lipinski definition) is 3. The molecule has 0 aliphatic heterocycles. The van der Waals surface area contributed by atoms with E-state index in [0.717, 1.165) is 24.0 Å². The standard InChI is InChI=1S/C21H19FN2O3/c22-17-7-5-16(6-8-17)19(21(26)23-18-9-10-18)13-15-3-1-2-14(12-15)4-11-20(25)24-27/h1-8,11-13,18,27H,9-10H2,(H,23,26)(H,24,25)/b11-4+,19-13?. The molecule has 1 fully saturated rings. The topological polar surface area (TPSA) is 78.4 Å². The predicted molar refractivity (Wildman–Crippen MR) is 101 cm³/mol. The number of halogens is 1. The van der Waals surface area contributed by atoms with E-state index in [0.29, 0.717) is 11.1 Å². The zero-order chi connectivity index (χ0) is 19.2. The summed E-state index contributed by atoms with van der Waals surface area (Å²) in [5, 5.41) is 11.5. The second kappa shape index (κ2) is 8.42. The minimum absolute atomic E-state index is 0.201. The maximum atomic E-state index is 13.3. The molecule has 0 atom stereocenters. The molecule has 1 saturated carbocycles. The van der Waals surface area contributed by atoms with E-state index >= 15 is 0 Å². The number of nitrogens with one attached hydrogen (secondary N) is 2. The van der Waals surface area contributed by atoms with Gasteiger partial charge in [0.25, 0.3) is 11.8 Å². The van der Waals surface area contributed by atoms with Crippen molar-refractivity contribution in [3.8, 4) is 0 Å². The molecule has 2 aromatic rings. The van der Waals surface area contributed by atoms with E-state index in [1.807, 2.05) is 6.07 Å². The van der Waals surface area contributed by atoms with Crippen LogP contribution < -0.4 is 10.8 Å². The maximum absolute atomic E-state index is 13.3. The van der Waals surface area contributed by atoms with Crippen molar-refractivity contribution in [3.63, 3.8) is 0 Å². The van der Waals surface area contributed by atoms with Crippen LogP contribution in [0, 0.1) is 5.82 Å². The largest absolute Gasteiger partial charge is 0.349 e. The van der Waals surface area contributed by atoms with Gasteiger partial charge in [0, 0.05) is 17.7 Å². The molecule has 2 aromatic carbocycles. The highest BCUT2D eigenvalue weighted by Crippen LogP contribution is 2.24. The van der Waals surface area contributed by atoms with Gasteiger partial charge < -0.3 is 5.32 Å². The fourth-order valence-corrected chi connectivity index (χ4v) is 2.53. The Kier molecular flexibility index (Phi) is 5.78. The SMILES string of the molecule is O=C(/C=C/c1cccc(C=C(C(=O)NC2CC2)c2ccc(F)cc2)c1)NO. The van der Waals surface area contributed by atoms with Crippen LogP contribution in [0.4, 0.5) is 4.39 Å². The Morgan fingerprint density at radius 2 is 1.78 bits per heavy atom. The van der Waals surface area contributed by atoms with Gasteiger partial charge in [-0.2, -0.15) is 0 Å². The van der Waals surface area contributed by atoms with Crippen molar-refractivity contribution in [2.45, 2.75) is 18.9 Å². The maximum Gasteiger partial charge on any atom is 0.267 e. The van der Waals surface area contributed by atoms with Gasteiger partial charge in [-0.25, -0.2) is 9.87 Å². The average molecular weight is 366 g/mol. The minimum atomic E-state index is -0.633. The smallest absolute Gasteiger partial charge is 0.267 e. The number of hydroxylamine groups is 1. The first-order chi connectivity index (χ1) is 13.0. The van der Waals surface area contributed by atoms with Crippen molar-refractivity contribution in [3.05, 3.63) is 77.1 Å². The van der Waals surface area contributed by atoms with Gasteiger partial charge in [0.05, 0.1) is 0 Å². The molecule has 0 saturated heterocycles. The van der Waals surface area contributed by atoms with Gasteiger partial charge in [-0.1, -0.05) is 30.3 Å².